The first-order valence-electron chi connectivity index (χ1n) is 13.1. The van der Waals surface area contributed by atoms with Crippen molar-refractivity contribution >= 4 is 34.4 Å². The molecule has 1 atom stereocenters. The van der Waals surface area contributed by atoms with Gasteiger partial charge in [0, 0.05) is 19.0 Å². The molecule has 1 aliphatic heterocycles. The summed E-state index contributed by atoms with van der Waals surface area (Å²) in [5, 5.41) is 12.1. The second-order valence-electron chi connectivity index (χ2n) is 10.1. The van der Waals surface area contributed by atoms with Gasteiger partial charge in [-0.3, -0.25) is 19.4 Å². The van der Waals surface area contributed by atoms with Gasteiger partial charge in [0.2, 0.25) is 17.8 Å². The van der Waals surface area contributed by atoms with E-state index in [9.17, 15) is 14.4 Å². The van der Waals surface area contributed by atoms with Crippen molar-refractivity contribution < 1.29 is 14.3 Å². The lowest BCUT2D eigenvalue weighted by atomic mass is 10.1. The van der Waals surface area contributed by atoms with Crippen LogP contribution < -0.4 is 20.5 Å². The summed E-state index contributed by atoms with van der Waals surface area (Å²) in [7, 11) is 1.54. The molecule has 2 N–H and O–H groups in total. The van der Waals surface area contributed by atoms with E-state index in [4.69, 9.17) is 9.72 Å². The molecule has 0 bridgehead atoms. The molecular formula is C29H28N8O4. The number of rotatable bonds is 6. The van der Waals surface area contributed by atoms with Crippen molar-refractivity contribution in [1.82, 2.24) is 29.5 Å². The minimum Gasteiger partial charge on any atom is -0.495 e. The Kier molecular flexibility index (Phi) is 6.37. The molecule has 0 spiro atoms. The number of anilines is 2. The number of nitrogens with zero attached hydrogens (tertiary/aromatic N) is 6. The van der Waals surface area contributed by atoms with Gasteiger partial charge in [-0.05, 0) is 50.1 Å². The van der Waals surface area contributed by atoms with E-state index in [1.165, 1.54) is 18.0 Å². The Morgan fingerprint density at radius 1 is 1.05 bits per heavy atom. The number of nitrogens with one attached hydrogen (secondary N) is 2. The third-order valence-electron chi connectivity index (χ3n) is 7.39. The minimum atomic E-state index is -0.601. The fourth-order valence-electron chi connectivity index (χ4n) is 5.10. The molecule has 0 aliphatic carbocycles. The monoisotopic (exact) mass is 552 g/mol. The van der Waals surface area contributed by atoms with Crippen LogP contribution in [0.1, 0.15) is 23.2 Å². The largest absolute Gasteiger partial charge is 0.495 e. The first kappa shape index (κ1) is 26.0. The number of aromatic amines is 1. The number of carbonyl (C=O) groups is 2. The van der Waals surface area contributed by atoms with Crippen LogP contribution >= 0.6 is 0 Å². The summed E-state index contributed by atoms with van der Waals surface area (Å²) in [6, 6.07) is 14.7. The molecule has 208 valence electrons. The van der Waals surface area contributed by atoms with E-state index in [1.54, 1.807) is 34.7 Å². The standard InChI is InChI=1S/C29H28N8O4/c1-16-8-7-10-21(18(16)3)36-26-20(14-30-36)28(40)33-29(32-26)37-24(12-17(2)34-37)31-27(39)19-13-25(38)35(15-19)22-9-5-6-11-23(22)41-4/h5-12,14,19H,13,15H2,1-4H3,(H,31,39)(H,32,33,40). The molecule has 5 aromatic rings. The zero-order valence-electron chi connectivity index (χ0n) is 23.0. The first-order chi connectivity index (χ1) is 19.7. The Labute approximate surface area is 234 Å². The Bertz CT molecular complexity index is 1890. The maximum Gasteiger partial charge on any atom is 0.263 e. The van der Waals surface area contributed by atoms with Crippen LogP contribution in [0.25, 0.3) is 22.7 Å². The maximum atomic E-state index is 13.4. The highest BCUT2D eigenvalue weighted by Gasteiger charge is 2.36. The molecule has 4 heterocycles. The summed E-state index contributed by atoms with van der Waals surface area (Å²) in [5.41, 5.74) is 4.09. The maximum absolute atomic E-state index is 13.4. The molecule has 3 aromatic heterocycles. The van der Waals surface area contributed by atoms with Gasteiger partial charge in [-0.1, -0.05) is 24.3 Å². The van der Waals surface area contributed by atoms with Gasteiger partial charge in [0.15, 0.2) is 5.65 Å². The van der Waals surface area contributed by atoms with E-state index in [0.717, 1.165) is 16.8 Å². The lowest BCUT2D eigenvalue weighted by Gasteiger charge is -2.19. The fraction of sp³-hybridized carbons (Fsp3) is 0.241. The molecule has 1 saturated heterocycles. The highest BCUT2D eigenvalue weighted by atomic mass is 16.5. The number of benzene rings is 2. The molecule has 41 heavy (non-hydrogen) atoms. The summed E-state index contributed by atoms with van der Waals surface area (Å²) in [5.74, 6) is -0.124. The van der Waals surface area contributed by atoms with Crippen molar-refractivity contribution in [3.05, 3.63) is 81.9 Å². The Balaban J connectivity index is 1.32. The number of para-hydroxylation sites is 2. The number of aryl methyl sites for hydroxylation is 2. The molecular weight excluding hydrogens is 524 g/mol. The van der Waals surface area contributed by atoms with Gasteiger partial charge in [-0.25, -0.2) is 4.68 Å². The minimum absolute atomic E-state index is 0.0487. The van der Waals surface area contributed by atoms with Gasteiger partial charge in [0.25, 0.3) is 5.56 Å². The van der Waals surface area contributed by atoms with Gasteiger partial charge < -0.3 is 15.0 Å². The second-order valence-corrected chi connectivity index (χ2v) is 10.1. The van der Waals surface area contributed by atoms with Gasteiger partial charge in [0.1, 0.15) is 17.0 Å². The number of amides is 2. The number of hydrogen-bond donors (Lipinski definition) is 2. The zero-order valence-corrected chi connectivity index (χ0v) is 23.0. The van der Waals surface area contributed by atoms with E-state index >= 15 is 0 Å². The summed E-state index contributed by atoms with van der Waals surface area (Å²) in [6.45, 7) is 5.96. The number of methoxy groups -OCH3 is 1. The summed E-state index contributed by atoms with van der Waals surface area (Å²) in [4.78, 5) is 48.3. The van der Waals surface area contributed by atoms with Gasteiger partial charge in [0.05, 0.1) is 36.3 Å². The number of carbonyl (C=O) groups excluding carboxylic acids is 2. The number of fused-ring (bicyclic) bond motifs is 1. The van der Waals surface area contributed by atoms with Crippen LogP contribution in [0.2, 0.25) is 0 Å². The van der Waals surface area contributed by atoms with Crippen molar-refractivity contribution in [2.24, 2.45) is 5.92 Å². The van der Waals surface area contributed by atoms with E-state index < -0.39 is 5.92 Å². The average Bonchev–Trinajstić information content (AvgIpc) is 3.67. The van der Waals surface area contributed by atoms with Crippen molar-refractivity contribution in [1.29, 1.82) is 0 Å². The molecule has 0 radical (unpaired) electrons. The van der Waals surface area contributed by atoms with Gasteiger partial charge in [-0.15, -0.1) is 0 Å². The quantitative estimate of drug-likeness (QED) is 0.330. The molecule has 2 amide bonds. The van der Waals surface area contributed by atoms with Crippen molar-refractivity contribution in [3.8, 4) is 17.4 Å². The first-order valence-corrected chi connectivity index (χ1v) is 13.1. The van der Waals surface area contributed by atoms with Crippen molar-refractivity contribution in [3.63, 3.8) is 0 Å². The highest BCUT2D eigenvalue weighted by molar-refractivity contribution is 6.04. The molecule has 1 unspecified atom stereocenters. The summed E-state index contributed by atoms with van der Waals surface area (Å²) in [6.07, 6.45) is 1.53. The van der Waals surface area contributed by atoms with Gasteiger partial charge >= 0.3 is 0 Å². The SMILES string of the molecule is COc1ccccc1N1CC(C(=O)Nc2cc(C)nn2-c2nc3c(cnn3-c3cccc(C)c3C)c(=O)[nH]2)CC1=O. The van der Waals surface area contributed by atoms with Crippen LogP contribution in [-0.2, 0) is 9.59 Å². The van der Waals surface area contributed by atoms with Crippen molar-refractivity contribution in [2.45, 2.75) is 27.2 Å². The molecule has 12 heteroatoms. The topological polar surface area (TPSA) is 140 Å². The van der Waals surface area contributed by atoms with Crippen LogP contribution in [-0.4, -0.2) is 55.0 Å². The van der Waals surface area contributed by atoms with E-state index in [0.29, 0.717) is 34.0 Å². The Hall–Kier alpha value is -5.26. The number of H-pyrrole nitrogens is 1. The number of ether oxygens (including phenoxy) is 1. The van der Waals surface area contributed by atoms with Crippen LogP contribution in [0.15, 0.2) is 59.5 Å². The zero-order chi connectivity index (χ0) is 28.8. The molecule has 6 rings (SSSR count). The molecule has 0 saturated carbocycles. The lowest BCUT2D eigenvalue weighted by molar-refractivity contribution is -0.122. The summed E-state index contributed by atoms with van der Waals surface area (Å²) < 4.78 is 8.40. The normalized spacial score (nSPS) is 15.1. The smallest absolute Gasteiger partial charge is 0.263 e. The third kappa shape index (κ3) is 4.52. The predicted molar refractivity (Wildman–Crippen MR) is 153 cm³/mol. The second kappa shape index (κ2) is 10.0. The highest BCUT2D eigenvalue weighted by Crippen LogP contribution is 2.33. The van der Waals surface area contributed by atoms with Crippen LogP contribution in [0.3, 0.4) is 0 Å². The van der Waals surface area contributed by atoms with E-state index in [2.05, 4.69) is 20.5 Å². The van der Waals surface area contributed by atoms with E-state index in [-0.39, 0.29) is 36.3 Å². The predicted octanol–water partition coefficient (Wildman–Crippen LogP) is 3.22. The molecule has 2 aromatic carbocycles. The molecule has 12 nitrogen and oxygen atoms in total. The third-order valence-corrected chi connectivity index (χ3v) is 7.39. The van der Waals surface area contributed by atoms with Crippen LogP contribution in [0, 0.1) is 26.7 Å². The Morgan fingerprint density at radius 3 is 2.63 bits per heavy atom. The Morgan fingerprint density at radius 2 is 1.83 bits per heavy atom. The van der Waals surface area contributed by atoms with Crippen LogP contribution in [0.4, 0.5) is 11.5 Å². The number of aromatic nitrogens is 6. The van der Waals surface area contributed by atoms with Crippen molar-refractivity contribution in [2.75, 3.05) is 23.9 Å². The fourth-order valence-corrected chi connectivity index (χ4v) is 5.10. The number of hydrogen-bond acceptors (Lipinski definition) is 7. The average molecular weight is 553 g/mol. The molecule has 1 fully saturated rings. The lowest BCUT2D eigenvalue weighted by Crippen LogP contribution is -2.29. The van der Waals surface area contributed by atoms with Gasteiger partial charge in [-0.2, -0.15) is 19.9 Å². The molecule has 1 aliphatic rings. The summed E-state index contributed by atoms with van der Waals surface area (Å²) >= 11 is 0. The van der Waals surface area contributed by atoms with E-state index in [1.807, 2.05) is 44.2 Å². The van der Waals surface area contributed by atoms with Crippen LogP contribution in [0.5, 0.6) is 5.75 Å².